The maximum Gasteiger partial charge on any atom is 0.354 e. The van der Waals surface area contributed by atoms with Gasteiger partial charge >= 0.3 is 5.97 Å². The molecule has 0 spiro atoms. The third-order valence-corrected chi connectivity index (χ3v) is 2.71. The third kappa shape index (κ3) is 2.30. The van der Waals surface area contributed by atoms with Crippen LogP contribution in [0.25, 0.3) is 0 Å². The van der Waals surface area contributed by atoms with Gasteiger partial charge in [0.1, 0.15) is 5.69 Å². The van der Waals surface area contributed by atoms with Gasteiger partial charge in [-0.1, -0.05) is 0 Å². The van der Waals surface area contributed by atoms with E-state index in [1.807, 2.05) is 6.92 Å². The Bertz CT molecular complexity index is 377. The van der Waals surface area contributed by atoms with E-state index < -0.39 is 5.97 Å². The molecule has 1 aromatic heterocycles. The second-order valence-electron chi connectivity index (χ2n) is 3.85. The summed E-state index contributed by atoms with van der Waals surface area (Å²) in [5.74, 6) is -1.01. The lowest BCUT2D eigenvalue weighted by atomic mass is 10.1. The van der Waals surface area contributed by atoms with Crippen LogP contribution in [0.1, 0.15) is 23.8 Å². The van der Waals surface area contributed by atoms with Crippen molar-refractivity contribution in [1.29, 1.82) is 0 Å². The average molecular weight is 222 g/mol. The first-order valence-corrected chi connectivity index (χ1v) is 5.24. The smallest absolute Gasteiger partial charge is 0.354 e. The Balaban J connectivity index is 2.02. The Morgan fingerprint density at radius 3 is 2.94 bits per heavy atom. The van der Waals surface area contributed by atoms with E-state index >= 15 is 0 Å². The van der Waals surface area contributed by atoms with Crippen LogP contribution in [0.15, 0.2) is 18.3 Å². The second-order valence-corrected chi connectivity index (χ2v) is 3.85. The number of rotatable bonds is 3. The highest BCUT2D eigenvalue weighted by atomic mass is 16.5. The van der Waals surface area contributed by atoms with Crippen molar-refractivity contribution in [1.82, 2.24) is 4.98 Å². The molecule has 1 aliphatic rings. The maximum absolute atomic E-state index is 10.6. The van der Waals surface area contributed by atoms with Gasteiger partial charge in [0, 0.05) is 6.61 Å². The molecule has 0 radical (unpaired) electrons. The van der Waals surface area contributed by atoms with Gasteiger partial charge in [0.2, 0.25) is 0 Å². The molecule has 0 saturated carbocycles. The summed E-state index contributed by atoms with van der Waals surface area (Å²) < 4.78 is 5.42. The van der Waals surface area contributed by atoms with Gasteiger partial charge in [0.05, 0.1) is 24.0 Å². The Hall–Kier alpha value is -1.62. The number of nitrogens with one attached hydrogen (secondary N) is 1. The number of carboxylic acid groups (broad SMARTS) is 1. The van der Waals surface area contributed by atoms with Gasteiger partial charge in [-0.15, -0.1) is 0 Å². The van der Waals surface area contributed by atoms with E-state index in [9.17, 15) is 4.79 Å². The number of ether oxygens (including phenoxy) is 1. The van der Waals surface area contributed by atoms with Gasteiger partial charge in [-0.25, -0.2) is 9.78 Å². The molecule has 1 saturated heterocycles. The summed E-state index contributed by atoms with van der Waals surface area (Å²) in [5.41, 5.74) is 0.883. The van der Waals surface area contributed by atoms with Gasteiger partial charge in [-0.2, -0.15) is 0 Å². The summed E-state index contributed by atoms with van der Waals surface area (Å²) in [5, 5.41) is 12.0. The predicted octanol–water partition coefficient (Wildman–Crippen LogP) is 1.37. The van der Waals surface area contributed by atoms with Crippen LogP contribution in [0.5, 0.6) is 0 Å². The molecule has 1 fully saturated rings. The third-order valence-electron chi connectivity index (χ3n) is 2.71. The molecular formula is C11H14N2O3. The highest BCUT2D eigenvalue weighted by Crippen LogP contribution is 2.18. The number of hydrogen-bond acceptors (Lipinski definition) is 4. The van der Waals surface area contributed by atoms with Crippen LogP contribution >= 0.6 is 0 Å². The van der Waals surface area contributed by atoms with E-state index in [0.717, 1.165) is 18.7 Å². The zero-order chi connectivity index (χ0) is 11.5. The first-order valence-electron chi connectivity index (χ1n) is 5.24. The number of pyridine rings is 1. The first kappa shape index (κ1) is 10.9. The molecule has 0 bridgehead atoms. The number of hydrogen-bond donors (Lipinski definition) is 2. The number of aromatic nitrogens is 1. The standard InChI is InChI=1S/C11H14N2O3/c1-7-9(4-5-16-7)13-8-2-3-10(11(14)15)12-6-8/h2-3,6-7,9,13H,4-5H2,1H3,(H,14,15). The van der Waals surface area contributed by atoms with E-state index in [1.54, 1.807) is 6.07 Å². The van der Waals surface area contributed by atoms with Gasteiger partial charge in [-0.05, 0) is 25.5 Å². The predicted molar refractivity (Wildman–Crippen MR) is 58.6 cm³/mol. The fourth-order valence-corrected chi connectivity index (χ4v) is 1.74. The first-order chi connectivity index (χ1) is 7.66. The van der Waals surface area contributed by atoms with Crippen molar-refractivity contribution >= 4 is 11.7 Å². The minimum atomic E-state index is -1.01. The molecule has 2 atom stereocenters. The van der Waals surface area contributed by atoms with E-state index in [0.29, 0.717) is 0 Å². The van der Waals surface area contributed by atoms with Crippen molar-refractivity contribution in [3.8, 4) is 0 Å². The van der Waals surface area contributed by atoms with Crippen LogP contribution in [-0.4, -0.2) is 34.8 Å². The lowest BCUT2D eigenvalue weighted by molar-refractivity contribution is 0.0690. The van der Waals surface area contributed by atoms with Gasteiger partial charge in [0.15, 0.2) is 0 Å². The molecule has 0 aliphatic carbocycles. The maximum atomic E-state index is 10.6. The van der Waals surface area contributed by atoms with Crippen molar-refractivity contribution in [3.63, 3.8) is 0 Å². The minimum Gasteiger partial charge on any atom is -0.477 e. The molecule has 1 aromatic rings. The average Bonchev–Trinajstić information content (AvgIpc) is 2.65. The normalized spacial score (nSPS) is 24.3. The van der Waals surface area contributed by atoms with Gasteiger partial charge in [0.25, 0.3) is 0 Å². The van der Waals surface area contributed by atoms with E-state index in [2.05, 4.69) is 10.3 Å². The zero-order valence-electron chi connectivity index (χ0n) is 9.01. The molecule has 2 N–H and O–H groups in total. The Morgan fingerprint density at radius 2 is 2.44 bits per heavy atom. The van der Waals surface area contributed by atoms with Crippen LogP contribution < -0.4 is 5.32 Å². The molecule has 16 heavy (non-hydrogen) atoms. The van der Waals surface area contributed by atoms with E-state index in [1.165, 1.54) is 12.3 Å². The van der Waals surface area contributed by atoms with Crippen molar-refractivity contribution in [3.05, 3.63) is 24.0 Å². The molecule has 5 heteroatoms. The van der Waals surface area contributed by atoms with Crippen LogP contribution in [0.3, 0.4) is 0 Å². The quantitative estimate of drug-likeness (QED) is 0.808. The summed E-state index contributed by atoms with van der Waals surface area (Å²) >= 11 is 0. The number of nitrogens with zero attached hydrogens (tertiary/aromatic N) is 1. The van der Waals surface area contributed by atoms with Crippen molar-refractivity contribution in [2.24, 2.45) is 0 Å². The fourth-order valence-electron chi connectivity index (χ4n) is 1.74. The van der Waals surface area contributed by atoms with E-state index in [4.69, 9.17) is 9.84 Å². The van der Waals surface area contributed by atoms with Crippen LogP contribution in [-0.2, 0) is 4.74 Å². The molecule has 2 unspecified atom stereocenters. The molecule has 5 nitrogen and oxygen atoms in total. The molecule has 1 aliphatic heterocycles. The monoisotopic (exact) mass is 222 g/mol. The summed E-state index contributed by atoms with van der Waals surface area (Å²) in [6.07, 6.45) is 2.68. The molecular weight excluding hydrogens is 208 g/mol. The molecule has 0 amide bonds. The number of carbonyl (C=O) groups is 1. The van der Waals surface area contributed by atoms with Crippen LogP contribution in [0.2, 0.25) is 0 Å². The largest absolute Gasteiger partial charge is 0.477 e. The molecule has 2 rings (SSSR count). The fraction of sp³-hybridized carbons (Fsp3) is 0.455. The summed E-state index contributed by atoms with van der Waals surface area (Å²) in [4.78, 5) is 14.4. The van der Waals surface area contributed by atoms with Crippen LogP contribution in [0.4, 0.5) is 5.69 Å². The summed E-state index contributed by atoms with van der Waals surface area (Å²) in [6.45, 7) is 2.78. The lowest BCUT2D eigenvalue weighted by Crippen LogP contribution is -2.26. The van der Waals surface area contributed by atoms with Crippen LogP contribution in [0, 0.1) is 0 Å². The SMILES string of the molecule is CC1OCCC1Nc1ccc(C(=O)O)nc1. The summed E-state index contributed by atoms with van der Waals surface area (Å²) in [7, 11) is 0. The van der Waals surface area contributed by atoms with Gasteiger partial charge in [-0.3, -0.25) is 0 Å². The van der Waals surface area contributed by atoms with Crippen molar-refractivity contribution in [2.75, 3.05) is 11.9 Å². The summed E-state index contributed by atoms with van der Waals surface area (Å²) in [6, 6.07) is 3.49. The topological polar surface area (TPSA) is 71.5 Å². The molecule has 0 aromatic carbocycles. The second kappa shape index (κ2) is 4.49. The Morgan fingerprint density at radius 1 is 1.62 bits per heavy atom. The van der Waals surface area contributed by atoms with E-state index in [-0.39, 0.29) is 17.8 Å². The Labute approximate surface area is 93.5 Å². The number of carboxylic acids is 1. The lowest BCUT2D eigenvalue weighted by Gasteiger charge is -2.16. The zero-order valence-corrected chi connectivity index (χ0v) is 9.01. The highest BCUT2D eigenvalue weighted by Gasteiger charge is 2.23. The number of anilines is 1. The van der Waals surface area contributed by atoms with Crippen molar-refractivity contribution < 1.29 is 14.6 Å². The molecule has 2 heterocycles. The van der Waals surface area contributed by atoms with Gasteiger partial charge < -0.3 is 15.2 Å². The minimum absolute atomic E-state index is 0.0567. The highest BCUT2D eigenvalue weighted by molar-refractivity contribution is 5.85. The van der Waals surface area contributed by atoms with Crippen molar-refractivity contribution in [2.45, 2.75) is 25.5 Å². The number of aromatic carboxylic acids is 1. The molecule has 86 valence electrons. The Kier molecular flexibility index (Phi) is 3.05.